The van der Waals surface area contributed by atoms with Crippen LogP contribution in [0.25, 0.3) is 21.9 Å². The molecule has 1 aliphatic carbocycles. The van der Waals surface area contributed by atoms with Crippen LogP contribution in [-0.4, -0.2) is 45.6 Å². The van der Waals surface area contributed by atoms with Crippen LogP contribution >= 0.6 is 0 Å². The molecule has 0 radical (unpaired) electrons. The molecule has 0 bridgehead atoms. The van der Waals surface area contributed by atoms with Gasteiger partial charge >= 0.3 is 0 Å². The lowest BCUT2D eigenvalue weighted by Crippen LogP contribution is -2.37. The molecule has 3 heterocycles. The molecular formula is C24H26N2O4. The number of phenolic OH excluding ortho intramolecular Hbond substituents is 1. The first-order valence-electron chi connectivity index (χ1n) is 10.6. The number of ether oxygens (including phenoxy) is 2. The Morgan fingerprint density at radius 1 is 1.07 bits per heavy atom. The molecule has 1 saturated heterocycles. The number of pyridine rings is 2. The monoisotopic (exact) mass is 406 g/mol. The number of hydrogen-bond acceptors (Lipinski definition) is 6. The molecule has 2 aromatic heterocycles. The van der Waals surface area contributed by atoms with E-state index in [9.17, 15) is 10.2 Å². The summed E-state index contributed by atoms with van der Waals surface area (Å²) >= 11 is 0. The molecule has 2 N–H and O–H groups in total. The summed E-state index contributed by atoms with van der Waals surface area (Å²) < 4.78 is 11.8. The maximum absolute atomic E-state index is 10.2. The summed E-state index contributed by atoms with van der Waals surface area (Å²) in [7, 11) is 0. The van der Waals surface area contributed by atoms with E-state index in [0.717, 1.165) is 59.3 Å². The zero-order valence-electron chi connectivity index (χ0n) is 17.0. The van der Waals surface area contributed by atoms with E-state index >= 15 is 0 Å². The summed E-state index contributed by atoms with van der Waals surface area (Å²) in [5, 5.41) is 21.6. The van der Waals surface area contributed by atoms with E-state index in [2.05, 4.69) is 11.1 Å². The van der Waals surface area contributed by atoms with Gasteiger partial charge in [-0.1, -0.05) is 0 Å². The van der Waals surface area contributed by atoms with E-state index in [1.54, 1.807) is 12.1 Å². The van der Waals surface area contributed by atoms with E-state index in [1.807, 2.05) is 25.3 Å². The third-order valence-corrected chi connectivity index (χ3v) is 6.12. The van der Waals surface area contributed by atoms with Gasteiger partial charge in [-0.2, -0.15) is 0 Å². The Hall–Kier alpha value is -2.70. The summed E-state index contributed by atoms with van der Waals surface area (Å²) in [6.07, 6.45) is 4.52. The lowest BCUT2D eigenvalue weighted by molar-refractivity contribution is -0.0122. The molecule has 1 aliphatic heterocycles. The van der Waals surface area contributed by atoms with Crippen molar-refractivity contribution in [3.05, 3.63) is 47.9 Å². The Kier molecular flexibility index (Phi) is 5.05. The quantitative estimate of drug-likeness (QED) is 0.678. The molecule has 0 spiro atoms. The summed E-state index contributed by atoms with van der Waals surface area (Å²) in [4.78, 5) is 9.38. The summed E-state index contributed by atoms with van der Waals surface area (Å²) in [6.45, 7) is 3.43. The second-order valence-corrected chi connectivity index (χ2v) is 8.34. The van der Waals surface area contributed by atoms with Crippen LogP contribution in [0.15, 0.2) is 36.5 Å². The largest absolute Gasteiger partial charge is 0.508 e. The fourth-order valence-electron chi connectivity index (χ4n) is 4.44. The molecule has 0 atom stereocenters. The van der Waals surface area contributed by atoms with Crippen LogP contribution in [0.2, 0.25) is 0 Å². The fourth-order valence-corrected chi connectivity index (χ4v) is 4.44. The van der Waals surface area contributed by atoms with Crippen molar-refractivity contribution >= 4 is 10.8 Å². The van der Waals surface area contributed by atoms with Crippen molar-refractivity contribution in [3.8, 4) is 22.8 Å². The zero-order chi connectivity index (χ0) is 20.7. The van der Waals surface area contributed by atoms with Crippen molar-refractivity contribution in [1.82, 2.24) is 9.97 Å². The van der Waals surface area contributed by atoms with Crippen molar-refractivity contribution < 1.29 is 19.7 Å². The number of rotatable bonds is 4. The first-order valence-corrected chi connectivity index (χ1v) is 10.6. The van der Waals surface area contributed by atoms with Crippen molar-refractivity contribution in [2.45, 2.75) is 50.7 Å². The number of aliphatic hydroxyl groups excluding tert-OH is 1. The highest BCUT2D eigenvalue weighted by Gasteiger charge is 2.31. The molecule has 6 heteroatoms. The molecular weight excluding hydrogens is 380 g/mol. The number of hydrogen-bond donors (Lipinski definition) is 2. The third-order valence-electron chi connectivity index (χ3n) is 6.12. The van der Waals surface area contributed by atoms with Gasteiger partial charge in [-0.15, -0.1) is 0 Å². The fraction of sp³-hybridized carbons (Fsp3) is 0.417. The average molecular weight is 406 g/mol. The normalized spacial score (nSPS) is 22.1. The first-order chi connectivity index (χ1) is 14.6. The molecule has 0 amide bonds. The number of aliphatic hydroxyl groups is 1. The predicted molar refractivity (Wildman–Crippen MR) is 114 cm³/mol. The van der Waals surface area contributed by atoms with Gasteiger partial charge in [0, 0.05) is 54.8 Å². The lowest BCUT2D eigenvalue weighted by Gasteiger charge is -2.32. The van der Waals surface area contributed by atoms with Gasteiger partial charge in [0.2, 0.25) is 5.88 Å². The van der Waals surface area contributed by atoms with E-state index in [1.165, 1.54) is 0 Å². The van der Waals surface area contributed by atoms with Gasteiger partial charge in [0.15, 0.2) is 0 Å². The minimum Gasteiger partial charge on any atom is -0.508 e. The topological polar surface area (TPSA) is 84.7 Å². The zero-order valence-corrected chi connectivity index (χ0v) is 17.0. The van der Waals surface area contributed by atoms with Gasteiger partial charge in [0.25, 0.3) is 0 Å². The highest BCUT2D eigenvalue weighted by Crippen LogP contribution is 2.43. The van der Waals surface area contributed by atoms with Gasteiger partial charge in [-0.25, -0.2) is 4.98 Å². The Bertz CT molecular complexity index is 1070. The van der Waals surface area contributed by atoms with Gasteiger partial charge in [0.05, 0.1) is 11.8 Å². The standard InChI is InChI=1S/C24H26N2O4/c1-14-10-16(4-7-25-14)22-20-3-2-17(27)13-21(20)24(30-19-11-18(28)12-19)26-23(22)15-5-8-29-9-6-15/h2-4,7,10,13,15,18-19,27-28H,5-6,8-9,11-12H2,1H3. The lowest BCUT2D eigenvalue weighted by atomic mass is 9.87. The Labute approximate surface area is 175 Å². The second-order valence-electron chi connectivity index (χ2n) is 8.34. The van der Waals surface area contributed by atoms with Crippen LogP contribution in [0.3, 0.4) is 0 Å². The Morgan fingerprint density at radius 3 is 2.60 bits per heavy atom. The van der Waals surface area contributed by atoms with E-state index < -0.39 is 0 Å². The van der Waals surface area contributed by atoms with Gasteiger partial charge in [-0.3, -0.25) is 4.98 Å². The molecule has 6 nitrogen and oxygen atoms in total. The van der Waals surface area contributed by atoms with Crippen molar-refractivity contribution in [1.29, 1.82) is 0 Å². The predicted octanol–water partition coefficient (Wildman–Crippen LogP) is 4.11. The van der Waals surface area contributed by atoms with Gasteiger partial charge < -0.3 is 19.7 Å². The van der Waals surface area contributed by atoms with E-state index in [0.29, 0.717) is 18.7 Å². The minimum absolute atomic E-state index is 0.0467. The highest BCUT2D eigenvalue weighted by molar-refractivity contribution is 6.01. The average Bonchev–Trinajstić information content (AvgIpc) is 2.73. The molecule has 30 heavy (non-hydrogen) atoms. The van der Waals surface area contributed by atoms with Crippen LogP contribution in [0, 0.1) is 6.92 Å². The summed E-state index contributed by atoms with van der Waals surface area (Å²) in [5.74, 6) is 0.988. The molecule has 5 rings (SSSR count). The number of phenols is 1. The van der Waals surface area contributed by atoms with Crippen molar-refractivity contribution in [2.75, 3.05) is 13.2 Å². The first kappa shape index (κ1) is 19.3. The molecule has 1 saturated carbocycles. The van der Waals surface area contributed by atoms with E-state index in [4.69, 9.17) is 14.5 Å². The second kappa shape index (κ2) is 7.85. The number of aromatic hydroxyl groups is 1. The molecule has 3 aromatic rings. The van der Waals surface area contributed by atoms with E-state index in [-0.39, 0.29) is 23.9 Å². The third kappa shape index (κ3) is 3.61. The molecule has 1 aromatic carbocycles. The van der Waals surface area contributed by atoms with Crippen LogP contribution in [0.4, 0.5) is 0 Å². The molecule has 2 fully saturated rings. The summed E-state index contributed by atoms with van der Waals surface area (Å²) in [6, 6.07) is 9.47. The summed E-state index contributed by atoms with van der Waals surface area (Å²) in [5.41, 5.74) is 4.10. The van der Waals surface area contributed by atoms with Gasteiger partial charge in [-0.05, 0) is 61.0 Å². The van der Waals surface area contributed by atoms with Crippen LogP contribution in [-0.2, 0) is 4.74 Å². The molecule has 0 unspecified atom stereocenters. The Balaban J connectivity index is 1.72. The molecule has 2 aliphatic rings. The van der Waals surface area contributed by atoms with Crippen LogP contribution in [0.5, 0.6) is 11.6 Å². The number of fused-ring (bicyclic) bond motifs is 1. The number of aryl methyl sites for hydroxylation is 1. The molecule has 156 valence electrons. The number of benzene rings is 1. The van der Waals surface area contributed by atoms with Crippen LogP contribution < -0.4 is 4.74 Å². The minimum atomic E-state index is -0.302. The SMILES string of the molecule is Cc1cc(-c2c(C3CCOCC3)nc(OC3CC(O)C3)c3cc(O)ccc23)ccn1. The number of nitrogens with zero attached hydrogens (tertiary/aromatic N) is 2. The van der Waals surface area contributed by atoms with Crippen molar-refractivity contribution in [2.24, 2.45) is 0 Å². The van der Waals surface area contributed by atoms with Crippen LogP contribution in [0.1, 0.15) is 43.0 Å². The maximum atomic E-state index is 10.2. The Morgan fingerprint density at radius 2 is 1.87 bits per heavy atom. The van der Waals surface area contributed by atoms with Crippen molar-refractivity contribution in [3.63, 3.8) is 0 Å². The van der Waals surface area contributed by atoms with Gasteiger partial charge in [0.1, 0.15) is 11.9 Å². The maximum Gasteiger partial charge on any atom is 0.222 e. The highest BCUT2D eigenvalue weighted by atomic mass is 16.5. The number of aromatic nitrogens is 2. The smallest absolute Gasteiger partial charge is 0.222 e.